The Morgan fingerprint density at radius 3 is 2.65 bits per heavy atom. The van der Waals surface area contributed by atoms with Gasteiger partial charge >= 0.3 is 0 Å². The standard InChI is InChI=1S/C15H19N3O2/c1-3-11(4-2)10-16-15-8-5-12-9-13(18(19)20)6-7-14(12)17-15/h5-9,11H,3-4,10H2,1-2H3,(H,16,17). The Morgan fingerprint density at radius 1 is 1.25 bits per heavy atom. The zero-order valence-electron chi connectivity index (χ0n) is 11.8. The third kappa shape index (κ3) is 3.23. The van der Waals surface area contributed by atoms with Crippen LogP contribution in [-0.4, -0.2) is 16.5 Å². The summed E-state index contributed by atoms with van der Waals surface area (Å²) in [4.78, 5) is 14.8. The largest absolute Gasteiger partial charge is 0.370 e. The normalized spacial score (nSPS) is 10.9. The summed E-state index contributed by atoms with van der Waals surface area (Å²) < 4.78 is 0. The van der Waals surface area contributed by atoms with Gasteiger partial charge in [0.15, 0.2) is 0 Å². The molecule has 1 aromatic heterocycles. The lowest BCUT2D eigenvalue weighted by atomic mass is 10.0. The van der Waals surface area contributed by atoms with Gasteiger partial charge in [-0.3, -0.25) is 10.1 Å². The van der Waals surface area contributed by atoms with E-state index in [9.17, 15) is 10.1 Å². The molecule has 0 amide bonds. The fourth-order valence-corrected chi connectivity index (χ4v) is 2.15. The van der Waals surface area contributed by atoms with Crippen LogP contribution in [0.4, 0.5) is 11.5 Å². The molecule has 0 atom stereocenters. The van der Waals surface area contributed by atoms with Crippen molar-refractivity contribution in [1.82, 2.24) is 4.98 Å². The molecular weight excluding hydrogens is 254 g/mol. The van der Waals surface area contributed by atoms with Gasteiger partial charge in [-0.2, -0.15) is 0 Å². The molecule has 0 aliphatic rings. The Labute approximate surface area is 118 Å². The van der Waals surface area contributed by atoms with Crippen molar-refractivity contribution in [2.24, 2.45) is 5.92 Å². The summed E-state index contributed by atoms with van der Waals surface area (Å²) in [6.45, 7) is 5.27. The number of fused-ring (bicyclic) bond motifs is 1. The van der Waals surface area contributed by atoms with Crippen molar-refractivity contribution in [1.29, 1.82) is 0 Å². The van der Waals surface area contributed by atoms with Crippen molar-refractivity contribution in [3.8, 4) is 0 Å². The van der Waals surface area contributed by atoms with Gasteiger partial charge in [0.05, 0.1) is 10.4 Å². The van der Waals surface area contributed by atoms with E-state index >= 15 is 0 Å². The first-order valence-electron chi connectivity index (χ1n) is 6.93. The number of nitro groups is 1. The zero-order valence-corrected chi connectivity index (χ0v) is 11.8. The van der Waals surface area contributed by atoms with Crippen molar-refractivity contribution in [2.45, 2.75) is 26.7 Å². The fraction of sp³-hybridized carbons (Fsp3) is 0.400. The second-order valence-electron chi connectivity index (χ2n) is 4.89. The maximum atomic E-state index is 10.7. The van der Waals surface area contributed by atoms with Crippen molar-refractivity contribution < 1.29 is 4.92 Å². The first-order chi connectivity index (χ1) is 9.63. The van der Waals surface area contributed by atoms with Crippen LogP contribution in [-0.2, 0) is 0 Å². The molecule has 0 fully saturated rings. The van der Waals surface area contributed by atoms with E-state index in [-0.39, 0.29) is 5.69 Å². The first-order valence-corrected chi connectivity index (χ1v) is 6.93. The molecule has 5 heteroatoms. The Bertz CT molecular complexity index is 609. The number of nitro benzene ring substituents is 1. The molecule has 0 unspecified atom stereocenters. The van der Waals surface area contributed by atoms with Crippen molar-refractivity contribution in [3.63, 3.8) is 0 Å². The molecule has 0 bridgehead atoms. The highest BCUT2D eigenvalue weighted by atomic mass is 16.6. The number of hydrogen-bond acceptors (Lipinski definition) is 4. The quantitative estimate of drug-likeness (QED) is 0.638. The van der Waals surface area contributed by atoms with Crippen molar-refractivity contribution in [3.05, 3.63) is 40.4 Å². The first kappa shape index (κ1) is 14.2. The lowest BCUT2D eigenvalue weighted by molar-refractivity contribution is -0.384. The summed E-state index contributed by atoms with van der Waals surface area (Å²) in [5.74, 6) is 1.46. The highest BCUT2D eigenvalue weighted by Crippen LogP contribution is 2.21. The summed E-state index contributed by atoms with van der Waals surface area (Å²) in [5.41, 5.74) is 0.863. The summed E-state index contributed by atoms with van der Waals surface area (Å²) >= 11 is 0. The van der Waals surface area contributed by atoms with Crippen LogP contribution in [0.3, 0.4) is 0 Å². The third-order valence-corrected chi connectivity index (χ3v) is 3.61. The van der Waals surface area contributed by atoms with Crippen molar-refractivity contribution in [2.75, 3.05) is 11.9 Å². The summed E-state index contributed by atoms with van der Waals surface area (Å²) in [6.07, 6.45) is 2.28. The van der Waals surface area contributed by atoms with E-state index in [0.29, 0.717) is 5.92 Å². The second-order valence-corrected chi connectivity index (χ2v) is 4.89. The number of benzene rings is 1. The van der Waals surface area contributed by atoms with Crippen LogP contribution < -0.4 is 5.32 Å². The number of rotatable bonds is 6. The van der Waals surface area contributed by atoms with Crippen molar-refractivity contribution >= 4 is 22.4 Å². The molecule has 2 aromatic rings. The van der Waals surface area contributed by atoms with Gasteiger partial charge in [-0.25, -0.2) is 4.98 Å². The van der Waals surface area contributed by atoms with E-state index in [0.717, 1.165) is 36.1 Å². The Balaban J connectivity index is 2.17. The van der Waals surface area contributed by atoms with E-state index in [1.165, 1.54) is 6.07 Å². The second kappa shape index (κ2) is 6.32. The van der Waals surface area contributed by atoms with Crippen LogP contribution in [0.2, 0.25) is 0 Å². The maximum Gasteiger partial charge on any atom is 0.270 e. The summed E-state index contributed by atoms with van der Waals surface area (Å²) in [7, 11) is 0. The fourth-order valence-electron chi connectivity index (χ4n) is 2.15. The van der Waals surface area contributed by atoms with Crippen LogP contribution in [0.25, 0.3) is 10.9 Å². The van der Waals surface area contributed by atoms with E-state index in [1.807, 2.05) is 12.1 Å². The molecule has 0 aliphatic carbocycles. The third-order valence-electron chi connectivity index (χ3n) is 3.61. The highest BCUT2D eigenvalue weighted by Gasteiger charge is 2.08. The smallest absolute Gasteiger partial charge is 0.270 e. The van der Waals surface area contributed by atoms with Crippen LogP contribution in [0.1, 0.15) is 26.7 Å². The minimum Gasteiger partial charge on any atom is -0.370 e. The van der Waals surface area contributed by atoms with Gasteiger partial charge in [0.25, 0.3) is 5.69 Å². The van der Waals surface area contributed by atoms with E-state index in [4.69, 9.17) is 0 Å². The van der Waals surface area contributed by atoms with Gasteiger partial charge in [-0.1, -0.05) is 26.7 Å². The molecule has 2 rings (SSSR count). The number of non-ortho nitro benzene ring substituents is 1. The summed E-state index contributed by atoms with van der Waals surface area (Å²) in [6, 6.07) is 8.46. The monoisotopic (exact) mass is 273 g/mol. The number of nitrogens with one attached hydrogen (secondary N) is 1. The molecular formula is C15H19N3O2. The molecule has 0 radical (unpaired) electrons. The zero-order chi connectivity index (χ0) is 14.5. The van der Waals surface area contributed by atoms with Gasteiger partial charge in [0, 0.05) is 24.1 Å². The highest BCUT2D eigenvalue weighted by molar-refractivity contribution is 5.82. The minimum atomic E-state index is -0.390. The predicted octanol–water partition coefficient (Wildman–Crippen LogP) is 3.99. The maximum absolute atomic E-state index is 10.7. The Morgan fingerprint density at radius 2 is 2.00 bits per heavy atom. The molecule has 0 aliphatic heterocycles. The van der Waals surface area contributed by atoms with Gasteiger partial charge < -0.3 is 5.32 Å². The molecule has 0 spiro atoms. The number of hydrogen-bond donors (Lipinski definition) is 1. The van der Waals surface area contributed by atoms with Crippen LogP contribution in [0.5, 0.6) is 0 Å². The number of aromatic nitrogens is 1. The topological polar surface area (TPSA) is 68.1 Å². The van der Waals surface area contributed by atoms with Crippen LogP contribution in [0.15, 0.2) is 30.3 Å². The molecule has 1 heterocycles. The van der Waals surface area contributed by atoms with Crippen LogP contribution >= 0.6 is 0 Å². The Kier molecular flexibility index (Phi) is 4.50. The van der Waals surface area contributed by atoms with Gasteiger partial charge in [-0.05, 0) is 24.1 Å². The molecule has 1 aromatic carbocycles. The average Bonchev–Trinajstić information content (AvgIpc) is 2.47. The van der Waals surface area contributed by atoms with E-state index in [2.05, 4.69) is 24.1 Å². The molecule has 106 valence electrons. The number of anilines is 1. The SMILES string of the molecule is CCC(CC)CNc1ccc2cc([N+](=O)[O-])ccc2n1. The van der Waals surface area contributed by atoms with Gasteiger partial charge in [0.1, 0.15) is 5.82 Å². The lowest BCUT2D eigenvalue weighted by Gasteiger charge is -2.13. The van der Waals surface area contributed by atoms with Crippen LogP contribution in [0, 0.1) is 16.0 Å². The molecule has 0 saturated heterocycles. The van der Waals surface area contributed by atoms with E-state index < -0.39 is 4.92 Å². The number of nitrogens with zero attached hydrogens (tertiary/aromatic N) is 2. The molecule has 5 nitrogen and oxygen atoms in total. The van der Waals surface area contributed by atoms with Gasteiger partial charge in [0.2, 0.25) is 0 Å². The molecule has 0 saturated carbocycles. The lowest BCUT2D eigenvalue weighted by Crippen LogP contribution is -2.13. The van der Waals surface area contributed by atoms with E-state index in [1.54, 1.807) is 12.1 Å². The molecule has 1 N–H and O–H groups in total. The summed E-state index contributed by atoms with van der Waals surface area (Å²) in [5, 5.41) is 14.8. The minimum absolute atomic E-state index is 0.0945. The van der Waals surface area contributed by atoms with Gasteiger partial charge in [-0.15, -0.1) is 0 Å². The Hall–Kier alpha value is -2.17. The predicted molar refractivity (Wildman–Crippen MR) is 81.0 cm³/mol. The number of pyridine rings is 1. The average molecular weight is 273 g/mol. The molecule has 20 heavy (non-hydrogen) atoms.